The van der Waals surface area contributed by atoms with Crippen molar-refractivity contribution in [3.63, 3.8) is 0 Å². The van der Waals surface area contributed by atoms with Gasteiger partial charge >= 0.3 is 6.09 Å². The number of hydrogen-bond acceptors (Lipinski definition) is 5. The molecule has 7 heteroatoms. The van der Waals surface area contributed by atoms with Gasteiger partial charge in [0, 0.05) is 17.7 Å². The Morgan fingerprint density at radius 1 is 1.19 bits per heavy atom. The van der Waals surface area contributed by atoms with Crippen molar-refractivity contribution in [3.05, 3.63) is 59.2 Å². The summed E-state index contributed by atoms with van der Waals surface area (Å²) < 4.78 is 19.9. The monoisotopic (exact) mass is 424 g/mol. The number of alkyl carbamates (subject to hydrolysis) is 1. The first-order valence-corrected chi connectivity index (χ1v) is 10.9. The van der Waals surface area contributed by atoms with Gasteiger partial charge in [0.25, 0.3) is 0 Å². The van der Waals surface area contributed by atoms with E-state index in [1.165, 1.54) is 11.8 Å². The van der Waals surface area contributed by atoms with Crippen molar-refractivity contribution in [2.45, 2.75) is 70.6 Å². The molecule has 0 radical (unpaired) electrons. The Morgan fingerprint density at radius 3 is 2.77 bits per heavy atom. The summed E-state index contributed by atoms with van der Waals surface area (Å²) in [7, 11) is 0. The molecule has 2 atom stereocenters. The Balaban J connectivity index is 1.43. The summed E-state index contributed by atoms with van der Waals surface area (Å²) in [6.45, 7) is 5.54. The number of carbonyl (C=O) groups is 1. The first-order valence-electron chi connectivity index (χ1n) is 10.9. The van der Waals surface area contributed by atoms with E-state index >= 15 is 0 Å². The number of carbonyl (C=O) groups excluding carboxylic acids is 1. The minimum absolute atomic E-state index is 0.0189. The Kier molecular flexibility index (Phi) is 5.94. The summed E-state index contributed by atoms with van der Waals surface area (Å²) in [5, 5.41) is 6.30. The number of nitrogens with zero attached hydrogens (tertiary/aromatic N) is 2. The topological polar surface area (TPSA) is 76.1 Å². The average Bonchev–Trinajstić information content (AvgIpc) is 3.12. The van der Waals surface area contributed by atoms with Crippen LogP contribution in [-0.2, 0) is 11.2 Å². The summed E-state index contributed by atoms with van der Waals surface area (Å²) in [5.41, 5.74) is 2.80. The zero-order chi connectivity index (χ0) is 22.0. The predicted octanol–water partition coefficient (Wildman–Crippen LogP) is 4.85. The van der Waals surface area contributed by atoms with Crippen LogP contribution in [0.5, 0.6) is 0 Å². The van der Waals surface area contributed by atoms with Crippen LogP contribution in [0.3, 0.4) is 0 Å². The van der Waals surface area contributed by atoms with Crippen molar-refractivity contribution < 1.29 is 13.9 Å². The van der Waals surface area contributed by atoms with E-state index in [1.54, 1.807) is 0 Å². The molecule has 1 aromatic heterocycles. The highest BCUT2D eigenvalue weighted by molar-refractivity contribution is 5.83. The molecule has 1 fully saturated rings. The van der Waals surface area contributed by atoms with Gasteiger partial charge in [-0.15, -0.1) is 0 Å². The Labute approximate surface area is 182 Å². The first kappa shape index (κ1) is 21.3. The number of hydrogen-bond donors (Lipinski definition) is 2. The zero-order valence-corrected chi connectivity index (χ0v) is 18.2. The lowest BCUT2D eigenvalue weighted by Gasteiger charge is -2.31. The number of aromatic nitrogens is 2. The fraction of sp³-hybridized carbons (Fsp3) is 0.458. The number of ether oxygens (including phenoxy) is 1. The maximum atomic E-state index is 14.6. The van der Waals surface area contributed by atoms with Crippen LogP contribution >= 0.6 is 0 Å². The number of anilines is 1. The predicted molar refractivity (Wildman–Crippen MR) is 118 cm³/mol. The van der Waals surface area contributed by atoms with Crippen LogP contribution in [0.2, 0.25) is 0 Å². The van der Waals surface area contributed by atoms with Crippen LogP contribution in [-0.4, -0.2) is 33.7 Å². The Morgan fingerprint density at radius 2 is 1.97 bits per heavy atom. The van der Waals surface area contributed by atoms with E-state index in [-0.39, 0.29) is 12.1 Å². The normalized spacial score (nSPS) is 20.6. The molecule has 2 aliphatic carbocycles. The second-order valence-electron chi connectivity index (χ2n) is 9.22. The molecule has 2 aromatic rings. The number of nitrogens with one attached hydrogen (secondary N) is 2. The highest BCUT2D eigenvalue weighted by Gasteiger charge is 2.27. The minimum Gasteiger partial charge on any atom is -0.444 e. The van der Waals surface area contributed by atoms with Crippen molar-refractivity contribution in [2.75, 3.05) is 5.32 Å². The van der Waals surface area contributed by atoms with Gasteiger partial charge in [-0.05, 0) is 64.0 Å². The smallest absolute Gasteiger partial charge is 0.407 e. The van der Waals surface area contributed by atoms with Gasteiger partial charge in [0.2, 0.25) is 5.95 Å². The number of amides is 1. The minimum atomic E-state index is -0.526. The van der Waals surface area contributed by atoms with Gasteiger partial charge in [0.1, 0.15) is 11.3 Å². The lowest BCUT2D eigenvalue weighted by molar-refractivity contribution is 0.0492. The van der Waals surface area contributed by atoms with Gasteiger partial charge in [-0.3, -0.25) is 0 Å². The van der Waals surface area contributed by atoms with Gasteiger partial charge in [0.15, 0.2) is 5.82 Å². The number of benzene rings is 1. The second kappa shape index (κ2) is 8.65. The van der Waals surface area contributed by atoms with Crippen LogP contribution in [0.1, 0.15) is 63.3 Å². The molecule has 6 nitrogen and oxygen atoms in total. The van der Waals surface area contributed by atoms with Crippen molar-refractivity contribution >= 4 is 17.6 Å². The van der Waals surface area contributed by atoms with Crippen molar-refractivity contribution in [1.82, 2.24) is 15.3 Å². The van der Waals surface area contributed by atoms with Crippen LogP contribution in [0.15, 0.2) is 36.5 Å². The Bertz CT molecular complexity index is 999. The molecular weight excluding hydrogens is 395 g/mol. The molecule has 164 valence electrons. The molecule has 0 spiro atoms. The van der Waals surface area contributed by atoms with Crippen molar-refractivity contribution in [2.24, 2.45) is 0 Å². The fourth-order valence-electron chi connectivity index (χ4n) is 4.24. The Hall–Kier alpha value is -2.96. The summed E-state index contributed by atoms with van der Waals surface area (Å²) >= 11 is 0. The van der Waals surface area contributed by atoms with Crippen LogP contribution in [0.25, 0.3) is 5.57 Å². The van der Waals surface area contributed by atoms with E-state index in [0.717, 1.165) is 43.2 Å². The summed E-state index contributed by atoms with van der Waals surface area (Å²) in [5.74, 6) is -0.0220. The van der Waals surface area contributed by atoms with Gasteiger partial charge in [-0.2, -0.15) is 0 Å². The molecule has 1 aromatic carbocycles. The molecule has 1 amide bonds. The quantitative estimate of drug-likeness (QED) is 0.734. The van der Waals surface area contributed by atoms with Crippen molar-refractivity contribution in [3.8, 4) is 0 Å². The largest absolute Gasteiger partial charge is 0.444 e. The second-order valence-corrected chi connectivity index (χ2v) is 9.22. The highest BCUT2D eigenvalue weighted by atomic mass is 19.1. The van der Waals surface area contributed by atoms with Crippen LogP contribution in [0.4, 0.5) is 15.1 Å². The molecule has 4 rings (SSSR count). The number of rotatable bonds is 4. The molecule has 0 unspecified atom stereocenters. The molecule has 0 bridgehead atoms. The third-order valence-corrected chi connectivity index (χ3v) is 5.56. The summed E-state index contributed by atoms with van der Waals surface area (Å²) in [4.78, 5) is 20.8. The molecule has 0 saturated heterocycles. The molecule has 1 heterocycles. The maximum absolute atomic E-state index is 14.6. The van der Waals surface area contributed by atoms with E-state index in [0.29, 0.717) is 11.6 Å². The molecule has 0 aliphatic heterocycles. The third kappa shape index (κ3) is 5.21. The maximum Gasteiger partial charge on any atom is 0.407 e. The third-order valence-electron chi connectivity index (χ3n) is 5.56. The van der Waals surface area contributed by atoms with Crippen LogP contribution < -0.4 is 10.6 Å². The van der Waals surface area contributed by atoms with Crippen LogP contribution in [0, 0.1) is 5.82 Å². The van der Waals surface area contributed by atoms with E-state index in [2.05, 4.69) is 26.7 Å². The molecule has 2 aliphatic rings. The molecule has 1 saturated carbocycles. The SMILES string of the molecule is CC(C)(C)OC(=O)N[C@H]1CCC[C@@H](Nc2ncc(F)c(C3=CCc4ccccc43)n2)C1. The summed E-state index contributed by atoms with van der Waals surface area (Å²) in [6, 6.07) is 8.11. The van der Waals surface area contributed by atoms with Gasteiger partial charge in [-0.25, -0.2) is 19.2 Å². The number of allylic oxidation sites excluding steroid dienone is 1. The van der Waals surface area contributed by atoms with Gasteiger partial charge in [0.05, 0.1) is 6.20 Å². The lowest BCUT2D eigenvalue weighted by atomic mass is 9.91. The highest BCUT2D eigenvalue weighted by Crippen LogP contribution is 2.33. The standard InChI is InChI=1S/C24H29FN4O2/c1-24(2,3)31-23(30)28-17-9-6-8-16(13-17)27-22-26-14-20(25)21(29-22)19-12-11-15-7-4-5-10-18(15)19/h4-5,7,10,12,14,16-17H,6,8-9,11,13H2,1-3H3,(H,28,30)(H,26,27,29)/t16-,17+/m1/s1. The number of fused-ring (bicyclic) bond motifs is 1. The van der Waals surface area contributed by atoms with E-state index < -0.39 is 17.5 Å². The first-order chi connectivity index (χ1) is 14.8. The zero-order valence-electron chi connectivity index (χ0n) is 18.2. The van der Waals surface area contributed by atoms with Gasteiger partial charge in [-0.1, -0.05) is 30.3 Å². The molecule has 31 heavy (non-hydrogen) atoms. The van der Waals surface area contributed by atoms with Crippen molar-refractivity contribution in [1.29, 1.82) is 0 Å². The van der Waals surface area contributed by atoms with E-state index in [9.17, 15) is 9.18 Å². The fourth-order valence-corrected chi connectivity index (χ4v) is 4.24. The number of halogens is 1. The van der Waals surface area contributed by atoms with E-state index in [1.807, 2.05) is 45.0 Å². The van der Waals surface area contributed by atoms with E-state index in [4.69, 9.17) is 4.74 Å². The van der Waals surface area contributed by atoms with Gasteiger partial charge < -0.3 is 15.4 Å². The lowest BCUT2D eigenvalue weighted by Crippen LogP contribution is -2.44. The average molecular weight is 425 g/mol. The molecular formula is C24H29FN4O2. The molecule has 2 N–H and O–H groups in total. The summed E-state index contributed by atoms with van der Waals surface area (Å²) in [6.07, 6.45) is 7.16.